The second kappa shape index (κ2) is 6.02. The van der Waals surface area contributed by atoms with E-state index in [9.17, 15) is 9.90 Å². The molecular formula is C16H24N2O3. The second-order valence-corrected chi connectivity index (χ2v) is 6.63. The molecule has 1 aliphatic heterocycles. The van der Waals surface area contributed by atoms with E-state index >= 15 is 0 Å². The number of ether oxygens (including phenoxy) is 1. The van der Waals surface area contributed by atoms with Crippen LogP contribution in [0.15, 0.2) is 24.4 Å². The summed E-state index contributed by atoms with van der Waals surface area (Å²) >= 11 is 0. The third-order valence-corrected chi connectivity index (χ3v) is 3.71. The summed E-state index contributed by atoms with van der Waals surface area (Å²) in [4.78, 5) is 18.2. The van der Waals surface area contributed by atoms with Gasteiger partial charge in [0.2, 0.25) is 0 Å². The molecule has 1 amide bonds. The topological polar surface area (TPSA) is 62.7 Å². The number of aliphatic hydroxyl groups excluding tert-OH is 1. The SMILES string of the molecule is C[C@@H]1CCN(C(=O)OC(C)(C)C)[C@@H]1C(O)c1ccccn1. The van der Waals surface area contributed by atoms with Gasteiger partial charge in [-0.1, -0.05) is 13.0 Å². The predicted octanol–water partition coefficient (Wildman–Crippen LogP) is 2.76. The van der Waals surface area contributed by atoms with Crippen molar-refractivity contribution in [2.24, 2.45) is 5.92 Å². The highest BCUT2D eigenvalue weighted by Crippen LogP contribution is 2.33. The van der Waals surface area contributed by atoms with Crippen LogP contribution in [0.25, 0.3) is 0 Å². The first kappa shape index (κ1) is 15.8. The lowest BCUT2D eigenvalue weighted by molar-refractivity contribution is -0.00102. The van der Waals surface area contributed by atoms with Crippen molar-refractivity contribution < 1.29 is 14.6 Å². The van der Waals surface area contributed by atoms with Crippen LogP contribution in [-0.2, 0) is 4.74 Å². The van der Waals surface area contributed by atoms with E-state index in [1.54, 1.807) is 23.2 Å². The number of likely N-dealkylation sites (tertiary alicyclic amines) is 1. The molecule has 0 aromatic carbocycles. The van der Waals surface area contributed by atoms with Gasteiger partial charge in [-0.05, 0) is 45.2 Å². The molecule has 0 aliphatic carbocycles. The van der Waals surface area contributed by atoms with Crippen molar-refractivity contribution in [2.75, 3.05) is 6.54 Å². The smallest absolute Gasteiger partial charge is 0.410 e. The number of carbonyl (C=O) groups excluding carboxylic acids is 1. The maximum absolute atomic E-state index is 12.3. The number of rotatable bonds is 2. The molecule has 1 aromatic rings. The van der Waals surface area contributed by atoms with E-state index in [0.717, 1.165) is 6.42 Å². The number of nitrogens with zero attached hydrogens (tertiary/aromatic N) is 2. The Balaban J connectivity index is 2.17. The molecule has 1 N–H and O–H groups in total. The fourth-order valence-corrected chi connectivity index (χ4v) is 2.71. The molecule has 5 nitrogen and oxygen atoms in total. The van der Waals surface area contributed by atoms with Crippen LogP contribution in [-0.4, -0.2) is 39.3 Å². The molecule has 0 saturated carbocycles. The third kappa shape index (κ3) is 3.73. The lowest BCUT2D eigenvalue weighted by Gasteiger charge is -2.32. The number of hydrogen-bond acceptors (Lipinski definition) is 4. The van der Waals surface area contributed by atoms with Gasteiger partial charge < -0.3 is 14.7 Å². The minimum absolute atomic E-state index is 0.203. The number of pyridine rings is 1. The zero-order valence-corrected chi connectivity index (χ0v) is 13.1. The van der Waals surface area contributed by atoms with Crippen molar-refractivity contribution in [1.29, 1.82) is 0 Å². The van der Waals surface area contributed by atoms with Crippen LogP contribution in [0.4, 0.5) is 4.79 Å². The Kier molecular flexibility index (Phi) is 4.52. The third-order valence-electron chi connectivity index (χ3n) is 3.71. The molecule has 0 spiro atoms. The van der Waals surface area contributed by atoms with Crippen LogP contribution < -0.4 is 0 Å². The minimum atomic E-state index is -0.795. The lowest BCUT2D eigenvalue weighted by atomic mass is 9.95. The molecule has 1 aromatic heterocycles. The standard InChI is InChI=1S/C16H24N2O3/c1-11-8-10-18(15(20)21-16(2,3)4)13(11)14(19)12-7-5-6-9-17-12/h5-7,9,11,13-14,19H,8,10H2,1-4H3/t11-,13+,14?/m1/s1. The fraction of sp³-hybridized carbons (Fsp3) is 0.625. The van der Waals surface area contributed by atoms with E-state index in [0.29, 0.717) is 12.2 Å². The van der Waals surface area contributed by atoms with Crippen molar-refractivity contribution in [3.05, 3.63) is 30.1 Å². The maximum Gasteiger partial charge on any atom is 0.410 e. The first-order chi connectivity index (χ1) is 9.79. The molecule has 0 radical (unpaired) electrons. The molecular weight excluding hydrogens is 268 g/mol. The van der Waals surface area contributed by atoms with Gasteiger partial charge in [-0.25, -0.2) is 4.79 Å². The normalized spacial score (nSPS) is 24.0. The average Bonchev–Trinajstić information content (AvgIpc) is 2.79. The number of carbonyl (C=O) groups is 1. The van der Waals surface area contributed by atoms with E-state index in [4.69, 9.17) is 4.74 Å². The van der Waals surface area contributed by atoms with E-state index < -0.39 is 11.7 Å². The van der Waals surface area contributed by atoms with Crippen LogP contribution in [0.5, 0.6) is 0 Å². The lowest BCUT2D eigenvalue weighted by Crippen LogP contribution is -2.44. The largest absolute Gasteiger partial charge is 0.444 e. The van der Waals surface area contributed by atoms with Crippen LogP contribution in [0.2, 0.25) is 0 Å². The molecule has 1 fully saturated rings. The van der Waals surface area contributed by atoms with Crippen LogP contribution in [0.3, 0.4) is 0 Å². The fourth-order valence-electron chi connectivity index (χ4n) is 2.71. The minimum Gasteiger partial charge on any atom is -0.444 e. The van der Waals surface area contributed by atoms with Crippen molar-refractivity contribution in [3.63, 3.8) is 0 Å². The van der Waals surface area contributed by atoms with Crippen molar-refractivity contribution in [2.45, 2.75) is 51.9 Å². The van der Waals surface area contributed by atoms with Gasteiger partial charge in [-0.15, -0.1) is 0 Å². The summed E-state index contributed by atoms with van der Waals surface area (Å²) in [5, 5.41) is 10.6. The Hall–Kier alpha value is -1.62. The molecule has 116 valence electrons. The zero-order chi connectivity index (χ0) is 15.6. The second-order valence-electron chi connectivity index (χ2n) is 6.63. The van der Waals surface area contributed by atoms with Crippen LogP contribution in [0.1, 0.15) is 45.9 Å². The van der Waals surface area contributed by atoms with Gasteiger partial charge in [-0.2, -0.15) is 0 Å². The Bertz CT molecular complexity index is 484. The van der Waals surface area contributed by atoms with Crippen molar-refractivity contribution >= 4 is 6.09 Å². The number of aliphatic hydroxyl groups is 1. The summed E-state index contributed by atoms with van der Waals surface area (Å²) in [6, 6.07) is 5.13. The maximum atomic E-state index is 12.3. The molecule has 1 aliphatic rings. The van der Waals surface area contributed by atoms with E-state index in [1.165, 1.54) is 0 Å². The highest BCUT2D eigenvalue weighted by molar-refractivity contribution is 5.69. The molecule has 1 unspecified atom stereocenters. The van der Waals surface area contributed by atoms with E-state index in [-0.39, 0.29) is 18.1 Å². The first-order valence-electron chi connectivity index (χ1n) is 7.38. The summed E-state index contributed by atoms with van der Waals surface area (Å²) in [6.07, 6.45) is 1.34. The van der Waals surface area contributed by atoms with E-state index in [2.05, 4.69) is 4.98 Å². The van der Waals surface area contributed by atoms with E-state index in [1.807, 2.05) is 33.8 Å². The Labute approximate surface area is 125 Å². The first-order valence-corrected chi connectivity index (χ1v) is 7.38. The van der Waals surface area contributed by atoms with Gasteiger partial charge in [-0.3, -0.25) is 4.98 Å². The van der Waals surface area contributed by atoms with Crippen molar-refractivity contribution in [1.82, 2.24) is 9.88 Å². The predicted molar refractivity (Wildman–Crippen MR) is 79.7 cm³/mol. The molecule has 21 heavy (non-hydrogen) atoms. The molecule has 2 rings (SSSR count). The zero-order valence-electron chi connectivity index (χ0n) is 13.1. The van der Waals surface area contributed by atoms with Gasteiger partial charge in [0.05, 0.1) is 11.7 Å². The van der Waals surface area contributed by atoms with Gasteiger partial charge in [0.25, 0.3) is 0 Å². The Morgan fingerprint density at radius 1 is 1.48 bits per heavy atom. The summed E-state index contributed by atoms with van der Waals surface area (Å²) in [5.41, 5.74) is 0.0495. The summed E-state index contributed by atoms with van der Waals surface area (Å²) in [7, 11) is 0. The number of amides is 1. The highest BCUT2D eigenvalue weighted by Gasteiger charge is 2.41. The summed E-state index contributed by atoms with van der Waals surface area (Å²) < 4.78 is 5.44. The van der Waals surface area contributed by atoms with Crippen LogP contribution >= 0.6 is 0 Å². The van der Waals surface area contributed by atoms with Crippen molar-refractivity contribution in [3.8, 4) is 0 Å². The van der Waals surface area contributed by atoms with Gasteiger partial charge >= 0.3 is 6.09 Å². The Morgan fingerprint density at radius 3 is 2.76 bits per heavy atom. The molecule has 0 bridgehead atoms. The van der Waals surface area contributed by atoms with Gasteiger partial charge in [0.1, 0.15) is 11.7 Å². The highest BCUT2D eigenvalue weighted by atomic mass is 16.6. The number of hydrogen-bond donors (Lipinski definition) is 1. The molecule has 5 heteroatoms. The average molecular weight is 292 g/mol. The van der Waals surface area contributed by atoms with Gasteiger partial charge in [0, 0.05) is 12.7 Å². The summed E-state index contributed by atoms with van der Waals surface area (Å²) in [6.45, 7) is 8.17. The Morgan fingerprint density at radius 2 is 2.19 bits per heavy atom. The van der Waals surface area contributed by atoms with Gasteiger partial charge in [0.15, 0.2) is 0 Å². The monoisotopic (exact) mass is 292 g/mol. The van der Waals surface area contributed by atoms with Crippen LogP contribution in [0, 0.1) is 5.92 Å². The number of aromatic nitrogens is 1. The summed E-state index contributed by atoms with van der Waals surface area (Å²) in [5.74, 6) is 0.203. The quantitative estimate of drug-likeness (QED) is 0.910. The molecule has 1 saturated heterocycles. The molecule has 2 heterocycles. The molecule has 3 atom stereocenters.